The zero-order valence-electron chi connectivity index (χ0n) is 18.5. The number of sulfonamides is 1. The molecule has 0 aliphatic carbocycles. The Kier molecular flexibility index (Phi) is 5.50. The van der Waals surface area contributed by atoms with Gasteiger partial charge in [-0.05, 0) is 48.5 Å². The van der Waals surface area contributed by atoms with Gasteiger partial charge in [-0.1, -0.05) is 25.1 Å². The molecule has 9 nitrogen and oxygen atoms in total. The van der Waals surface area contributed by atoms with E-state index in [2.05, 4.69) is 19.9 Å². The third kappa shape index (κ3) is 3.99. The molecular weight excluding hydrogens is 454 g/mol. The molecule has 34 heavy (non-hydrogen) atoms. The third-order valence-corrected chi connectivity index (χ3v) is 6.63. The first-order valence-electron chi connectivity index (χ1n) is 10.6. The Labute approximate surface area is 196 Å². The molecule has 0 saturated carbocycles. The first-order valence-corrected chi connectivity index (χ1v) is 12.0. The molecule has 3 aromatic carbocycles. The van der Waals surface area contributed by atoms with Gasteiger partial charge in [0.1, 0.15) is 17.3 Å². The lowest BCUT2D eigenvalue weighted by molar-refractivity contribution is 0.413. The average molecular weight is 476 g/mol. The normalized spacial score (nSPS) is 11.6. The monoisotopic (exact) mass is 475 g/mol. The van der Waals surface area contributed by atoms with Crippen LogP contribution < -0.4 is 14.2 Å². The van der Waals surface area contributed by atoms with Gasteiger partial charge in [-0.15, -0.1) is 10.2 Å². The number of benzene rings is 3. The molecule has 0 fully saturated rings. The van der Waals surface area contributed by atoms with Crippen molar-refractivity contribution in [2.75, 3.05) is 11.8 Å². The summed E-state index contributed by atoms with van der Waals surface area (Å²) < 4.78 is 41.1. The number of nitrogens with one attached hydrogen (secondary N) is 1. The van der Waals surface area contributed by atoms with Crippen molar-refractivity contribution in [3.05, 3.63) is 78.6 Å². The summed E-state index contributed by atoms with van der Waals surface area (Å²) in [5.74, 6) is 2.06. The quantitative estimate of drug-likeness (QED) is 0.371. The topological polar surface area (TPSA) is 108 Å². The van der Waals surface area contributed by atoms with E-state index >= 15 is 0 Å². The minimum atomic E-state index is -3.78. The van der Waals surface area contributed by atoms with Crippen molar-refractivity contribution in [1.29, 1.82) is 0 Å². The summed E-state index contributed by atoms with van der Waals surface area (Å²) in [6.07, 6.45) is 0.705. The second-order valence-corrected chi connectivity index (χ2v) is 9.13. The van der Waals surface area contributed by atoms with Gasteiger partial charge in [-0.3, -0.25) is 9.12 Å². The van der Waals surface area contributed by atoms with Crippen LogP contribution in [0.5, 0.6) is 17.4 Å². The minimum absolute atomic E-state index is 0.105. The number of nitrogens with zero attached hydrogens (tertiary/aromatic N) is 4. The predicted octanol–water partition coefficient (Wildman–Crippen LogP) is 4.44. The molecule has 1 N–H and O–H groups in total. The maximum Gasteiger partial charge on any atom is 0.266 e. The number of methoxy groups -OCH3 is 1. The highest BCUT2D eigenvalue weighted by Gasteiger charge is 2.17. The molecule has 0 amide bonds. The molecule has 5 aromatic rings. The van der Waals surface area contributed by atoms with Gasteiger partial charge in [0.25, 0.3) is 15.9 Å². The highest BCUT2D eigenvalue weighted by molar-refractivity contribution is 7.92. The van der Waals surface area contributed by atoms with Crippen LogP contribution in [0.4, 0.5) is 5.69 Å². The maximum absolute atomic E-state index is 12.7. The van der Waals surface area contributed by atoms with Crippen LogP contribution in [0.2, 0.25) is 0 Å². The van der Waals surface area contributed by atoms with E-state index in [0.29, 0.717) is 35.1 Å². The van der Waals surface area contributed by atoms with Crippen LogP contribution in [0.25, 0.3) is 16.7 Å². The Balaban J connectivity index is 1.43. The van der Waals surface area contributed by atoms with E-state index in [9.17, 15) is 8.42 Å². The summed E-state index contributed by atoms with van der Waals surface area (Å²) in [5.41, 5.74) is 2.55. The largest absolute Gasteiger partial charge is 0.497 e. The van der Waals surface area contributed by atoms with Crippen molar-refractivity contribution < 1.29 is 17.9 Å². The van der Waals surface area contributed by atoms with Crippen LogP contribution in [0, 0.1) is 0 Å². The van der Waals surface area contributed by atoms with Gasteiger partial charge in [0.05, 0.1) is 23.0 Å². The molecule has 172 valence electrons. The van der Waals surface area contributed by atoms with Crippen LogP contribution in [-0.2, 0) is 16.4 Å². The summed E-state index contributed by atoms with van der Waals surface area (Å²) in [6, 6.07) is 20.5. The SMILES string of the molecule is CCc1nnc2c(Oc3ccc(NS(=O)(=O)c4cccc(OC)c4)cc3)nc3ccccc3n12. The van der Waals surface area contributed by atoms with Gasteiger partial charge >= 0.3 is 0 Å². The van der Waals surface area contributed by atoms with Crippen LogP contribution in [-0.4, -0.2) is 35.1 Å². The molecule has 0 radical (unpaired) electrons. The number of hydrogen-bond donors (Lipinski definition) is 1. The molecule has 0 aliphatic heterocycles. The van der Waals surface area contributed by atoms with Gasteiger partial charge in [0.15, 0.2) is 0 Å². The number of aromatic nitrogens is 4. The van der Waals surface area contributed by atoms with Crippen LogP contribution in [0.1, 0.15) is 12.7 Å². The van der Waals surface area contributed by atoms with Crippen LogP contribution in [0.15, 0.2) is 77.7 Å². The minimum Gasteiger partial charge on any atom is -0.497 e. The molecule has 0 bridgehead atoms. The fourth-order valence-corrected chi connectivity index (χ4v) is 4.69. The Hall–Kier alpha value is -4.18. The van der Waals surface area contributed by atoms with E-state index in [0.717, 1.165) is 16.9 Å². The van der Waals surface area contributed by atoms with Crippen molar-refractivity contribution >= 4 is 32.4 Å². The highest BCUT2D eigenvalue weighted by atomic mass is 32.2. The molecule has 0 atom stereocenters. The van der Waals surface area contributed by atoms with Gasteiger partial charge < -0.3 is 9.47 Å². The van der Waals surface area contributed by atoms with E-state index in [1.165, 1.54) is 19.2 Å². The molecule has 0 unspecified atom stereocenters. The smallest absolute Gasteiger partial charge is 0.266 e. The molecule has 0 aliphatic rings. The molecule has 0 saturated heterocycles. The Morgan fingerprint density at radius 3 is 2.50 bits per heavy atom. The molecule has 10 heteroatoms. The summed E-state index contributed by atoms with van der Waals surface area (Å²) in [7, 11) is -2.29. The lowest BCUT2D eigenvalue weighted by Gasteiger charge is -2.11. The molecule has 2 aromatic heterocycles. The number of fused-ring (bicyclic) bond motifs is 3. The Bertz CT molecular complexity index is 1600. The van der Waals surface area contributed by atoms with Gasteiger partial charge in [-0.2, -0.15) is 0 Å². The number of rotatable bonds is 7. The number of anilines is 1. The Morgan fingerprint density at radius 2 is 1.74 bits per heavy atom. The predicted molar refractivity (Wildman–Crippen MR) is 128 cm³/mol. The van der Waals surface area contributed by atoms with Gasteiger partial charge in [-0.25, -0.2) is 13.4 Å². The highest BCUT2D eigenvalue weighted by Crippen LogP contribution is 2.29. The van der Waals surface area contributed by atoms with Crippen molar-refractivity contribution in [2.45, 2.75) is 18.2 Å². The first kappa shape index (κ1) is 21.7. The number of ether oxygens (including phenoxy) is 2. The molecule has 2 heterocycles. The fraction of sp³-hybridized carbons (Fsp3) is 0.125. The fourth-order valence-electron chi connectivity index (χ4n) is 3.60. The summed E-state index contributed by atoms with van der Waals surface area (Å²) in [5, 5.41) is 8.54. The zero-order valence-corrected chi connectivity index (χ0v) is 19.3. The molecular formula is C24H21N5O4S. The van der Waals surface area contributed by atoms with Crippen LogP contribution in [0.3, 0.4) is 0 Å². The zero-order chi connectivity index (χ0) is 23.7. The molecule has 5 rings (SSSR count). The number of aryl methyl sites for hydroxylation is 1. The summed E-state index contributed by atoms with van der Waals surface area (Å²) >= 11 is 0. The lowest BCUT2D eigenvalue weighted by Crippen LogP contribution is -2.12. The second-order valence-electron chi connectivity index (χ2n) is 7.45. The lowest BCUT2D eigenvalue weighted by atomic mass is 10.3. The van der Waals surface area contributed by atoms with E-state index in [-0.39, 0.29) is 4.90 Å². The number of hydrogen-bond acceptors (Lipinski definition) is 7. The van der Waals surface area contributed by atoms with E-state index in [1.807, 2.05) is 35.6 Å². The van der Waals surface area contributed by atoms with Crippen molar-refractivity contribution in [3.8, 4) is 17.4 Å². The van der Waals surface area contributed by atoms with Crippen molar-refractivity contribution in [2.24, 2.45) is 0 Å². The maximum atomic E-state index is 12.7. The standard InChI is InChI=1S/C24H21N5O4S/c1-3-22-26-27-23-24(25-20-9-4-5-10-21(20)29(22)23)33-17-13-11-16(12-14-17)28-34(30,31)19-8-6-7-18(15-19)32-2/h4-15,28H,3H2,1-2H3. The van der Waals surface area contributed by atoms with E-state index < -0.39 is 10.0 Å². The van der Waals surface area contributed by atoms with Crippen molar-refractivity contribution in [1.82, 2.24) is 19.6 Å². The number of para-hydroxylation sites is 2. The van der Waals surface area contributed by atoms with Gasteiger partial charge in [0.2, 0.25) is 5.65 Å². The van der Waals surface area contributed by atoms with E-state index in [1.54, 1.807) is 36.4 Å². The first-order chi connectivity index (χ1) is 16.5. The molecule has 0 spiro atoms. The Morgan fingerprint density at radius 1 is 0.941 bits per heavy atom. The summed E-state index contributed by atoms with van der Waals surface area (Å²) in [4.78, 5) is 4.72. The van der Waals surface area contributed by atoms with Crippen molar-refractivity contribution in [3.63, 3.8) is 0 Å². The van der Waals surface area contributed by atoms with Crippen LogP contribution >= 0.6 is 0 Å². The van der Waals surface area contributed by atoms with E-state index in [4.69, 9.17) is 9.47 Å². The summed E-state index contributed by atoms with van der Waals surface area (Å²) in [6.45, 7) is 2.01. The second kappa shape index (κ2) is 8.64. The average Bonchev–Trinajstić information content (AvgIpc) is 3.30. The third-order valence-electron chi connectivity index (χ3n) is 5.25. The van der Waals surface area contributed by atoms with Gasteiger partial charge in [0, 0.05) is 18.2 Å².